The molecular formula is C24H27N5O. The number of fused-ring (bicyclic) bond motifs is 2. The molecule has 2 saturated heterocycles. The van der Waals surface area contributed by atoms with Crippen LogP contribution in [0, 0.1) is 5.92 Å². The summed E-state index contributed by atoms with van der Waals surface area (Å²) < 4.78 is 6.14. The number of aromatic nitrogens is 2. The van der Waals surface area contributed by atoms with E-state index < -0.39 is 0 Å². The maximum Gasteiger partial charge on any atom is 0.134 e. The van der Waals surface area contributed by atoms with Crippen LogP contribution in [0.5, 0.6) is 0 Å². The van der Waals surface area contributed by atoms with Crippen LogP contribution in [0.15, 0.2) is 59.0 Å². The van der Waals surface area contributed by atoms with Crippen LogP contribution in [0.3, 0.4) is 0 Å². The lowest BCUT2D eigenvalue weighted by atomic mass is 9.93. The number of likely N-dealkylation sites (tertiary alicyclic amines) is 1. The van der Waals surface area contributed by atoms with Gasteiger partial charge in [0.1, 0.15) is 17.2 Å². The molecule has 4 aromatic rings. The number of nitrogens with zero attached hydrogens (tertiary/aromatic N) is 2. The lowest BCUT2D eigenvalue weighted by molar-refractivity contribution is 0.174. The number of piperidine rings is 1. The van der Waals surface area contributed by atoms with Crippen LogP contribution in [0.1, 0.15) is 36.4 Å². The lowest BCUT2D eigenvalue weighted by Gasteiger charge is -2.33. The van der Waals surface area contributed by atoms with E-state index >= 15 is 0 Å². The maximum atomic E-state index is 6.14. The highest BCUT2D eigenvalue weighted by molar-refractivity contribution is 5.77. The van der Waals surface area contributed by atoms with Crippen molar-refractivity contribution in [1.82, 2.24) is 25.7 Å². The van der Waals surface area contributed by atoms with Gasteiger partial charge in [-0.15, -0.1) is 0 Å². The van der Waals surface area contributed by atoms with Crippen molar-refractivity contribution in [3.63, 3.8) is 0 Å². The van der Waals surface area contributed by atoms with E-state index in [0.717, 1.165) is 67.2 Å². The van der Waals surface area contributed by atoms with Gasteiger partial charge in [-0.25, -0.2) is 10.4 Å². The number of benzene rings is 2. The number of aromatic amines is 1. The first-order valence-electron chi connectivity index (χ1n) is 11.0. The number of hydrazine groups is 1. The van der Waals surface area contributed by atoms with E-state index in [4.69, 9.17) is 9.40 Å². The minimum absolute atomic E-state index is 0.213. The number of rotatable bonds is 4. The highest BCUT2D eigenvalue weighted by atomic mass is 16.3. The summed E-state index contributed by atoms with van der Waals surface area (Å²) in [6, 6.07) is 19.0. The van der Waals surface area contributed by atoms with Crippen molar-refractivity contribution in [2.75, 3.05) is 26.2 Å². The average Bonchev–Trinajstić information content (AvgIpc) is 3.51. The molecule has 2 atom stereocenters. The zero-order valence-electron chi connectivity index (χ0n) is 17.0. The molecule has 2 aliphatic heterocycles. The van der Waals surface area contributed by atoms with Gasteiger partial charge in [0, 0.05) is 30.3 Å². The molecule has 2 aromatic heterocycles. The largest absolute Gasteiger partial charge is 0.459 e. The van der Waals surface area contributed by atoms with Gasteiger partial charge in [0.25, 0.3) is 0 Å². The monoisotopic (exact) mass is 401 g/mol. The van der Waals surface area contributed by atoms with Crippen LogP contribution in [0.2, 0.25) is 0 Å². The highest BCUT2D eigenvalue weighted by Crippen LogP contribution is 2.33. The fraction of sp³-hybridized carbons (Fsp3) is 0.375. The van der Waals surface area contributed by atoms with Crippen LogP contribution in [0.25, 0.3) is 22.0 Å². The third kappa shape index (κ3) is 3.31. The number of furan rings is 1. The third-order valence-electron chi connectivity index (χ3n) is 6.72. The van der Waals surface area contributed by atoms with E-state index in [-0.39, 0.29) is 6.04 Å². The van der Waals surface area contributed by atoms with Gasteiger partial charge in [0.05, 0.1) is 17.1 Å². The minimum atomic E-state index is 0.213. The number of hydrogen-bond donors (Lipinski definition) is 3. The van der Waals surface area contributed by atoms with Gasteiger partial charge < -0.3 is 14.3 Å². The van der Waals surface area contributed by atoms with Gasteiger partial charge in [-0.1, -0.05) is 30.3 Å². The average molecular weight is 402 g/mol. The van der Waals surface area contributed by atoms with Gasteiger partial charge in [0.2, 0.25) is 0 Å². The van der Waals surface area contributed by atoms with Crippen molar-refractivity contribution >= 4 is 22.0 Å². The molecule has 0 saturated carbocycles. The van der Waals surface area contributed by atoms with Crippen molar-refractivity contribution in [2.24, 2.45) is 5.92 Å². The molecule has 0 bridgehead atoms. The predicted octanol–water partition coefficient (Wildman–Crippen LogP) is 3.95. The zero-order chi connectivity index (χ0) is 19.9. The quantitative estimate of drug-likeness (QED) is 0.483. The Hall–Kier alpha value is -2.67. The summed E-state index contributed by atoms with van der Waals surface area (Å²) >= 11 is 0. The van der Waals surface area contributed by atoms with Crippen LogP contribution < -0.4 is 10.9 Å². The third-order valence-corrected chi connectivity index (χ3v) is 6.72. The smallest absolute Gasteiger partial charge is 0.134 e. The van der Waals surface area contributed by atoms with Crippen molar-refractivity contribution < 1.29 is 4.42 Å². The first-order chi connectivity index (χ1) is 14.8. The second-order valence-corrected chi connectivity index (χ2v) is 8.66. The first kappa shape index (κ1) is 18.1. The van der Waals surface area contributed by atoms with Crippen molar-refractivity contribution in [1.29, 1.82) is 0 Å². The standard InChI is InChI=1S/C24H27N5O/c1-4-8-21-17(5-1)13-22(30-21)23-18(14-25-28-23)15-29-11-9-16(10-12-29)24-26-19-6-2-3-7-20(19)27-24/h1-8,13,16,18,23,25,28H,9-12,14-15H2,(H,26,27). The molecule has 6 rings (SSSR count). The summed E-state index contributed by atoms with van der Waals surface area (Å²) in [5, 5.41) is 1.17. The summed E-state index contributed by atoms with van der Waals surface area (Å²) in [4.78, 5) is 11.0. The molecule has 2 fully saturated rings. The van der Waals surface area contributed by atoms with Gasteiger partial charge in [-0.2, -0.15) is 0 Å². The summed E-state index contributed by atoms with van der Waals surface area (Å²) in [5.74, 6) is 3.21. The van der Waals surface area contributed by atoms with E-state index in [9.17, 15) is 0 Å². The molecule has 4 heterocycles. The Balaban J connectivity index is 1.11. The van der Waals surface area contributed by atoms with Crippen LogP contribution in [0.4, 0.5) is 0 Å². The number of hydrogen-bond acceptors (Lipinski definition) is 5. The Labute approximate surface area is 175 Å². The molecule has 2 unspecified atom stereocenters. The number of nitrogens with one attached hydrogen (secondary N) is 3. The molecule has 2 aliphatic rings. The van der Waals surface area contributed by atoms with E-state index in [1.807, 2.05) is 12.1 Å². The molecule has 6 nitrogen and oxygen atoms in total. The summed E-state index contributed by atoms with van der Waals surface area (Å²) in [6.07, 6.45) is 2.31. The number of para-hydroxylation sites is 3. The molecule has 3 N–H and O–H groups in total. The molecule has 0 amide bonds. The Kier molecular flexibility index (Phi) is 4.56. The molecule has 0 aliphatic carbocycles. The molecule has 154 valence electrons. The van der Waals surface area contributed by atoms with Crippen LogP contribution >= 0.6 is 0 Å². The Morgan fingerprint density at radius 2 is 1.87 bits per heavy atom. The fourth-order valence-electron chi connectivity index (χ4n) is 5.05. The molecule has 0 spiro atoms. The van der Waals surface area contributed by atoms with Crippen LogP contribution in [-0.4, -0.2) is 41.0 Å². The Bertz CT molecular complexity index is 1090. The summed E-state index contributed by atoms with van der Waals surface area (Å²) in [5.41, 5.74) is 9.98. The molecule has 30 heavy (non-hydrogen) atoms. The Morgan fingerprint density at radius 1 is 1.03 bits per heavy atom. The van der Waals surface area contributed by atoms with Crippen LogP contribution in [-0.2, 0) is 0 Å². The highest BCUT2D eigenvalue weighted by Gasteiger charge is 2.33. The minimum Gasteiger partial charge on any atom is -0.459 e. The van der Waals surface area contributed by atoms with E-state index in [1.54, 1.807) is 0 Å². The van der Waals surface area contributed by atoms with Crippen molar-refractivity contribution in [3.05, 3.63) is 66.2 Å². The number of imidazole rings is 1. The van der Waals surface area contributed by atoms with Crippen molar-refractivity contribution in [2.45, 2.75) is 24.8 Å². The molecule has 0 radical (unpaired) electrons. The second-order valence-electron chi connectivity index (χ2n) is 8.66. The first-order valence-corrected chi connectivity index (χ1v) is 11.0. The molecular weight excluding hydrogens is 374 g/mol. The Morgan fingerprint density at radius 3 is 2.73 bits per heavy atom. The maximum absolute atomic E-state index is 6.14. The lowest BCUT2D eigenvalue weighted by Crippen LogP contribution is -2.38. The predicted molar refractivity (Wildman–Crippen MR) is 118 cm³/mol. The topological polar surface area (TPSA) is 69.1 Å². The summed E-state index contributed by atoms with van der Waals surface area (Å²) in [6.45, 7) is 4.27. The van der Waals surface area contributed by atoms with E-state index in [2.05, 4.69) is 63.2 Å². The second kappa shape index (κ2) is 7.54. The normalized spacial score (nSPS) is 23.6. The van der Waals surface area contributed by atoms with Gasteiger partial charge >= 0.3 is 0 Å². The fourth-order valence-corrected chi connectivity index (χ4v) is 5.05. The number of H-pyrrole nitrogens is 1. The van der Waals surface area contributed by atoms with Gasteiger partial charge in [-0.3, -0.25) is 5.43 Å². The van der Waals surface area contributed by atoms with Gasteiger partial charge in [0.15, 0.2) is 0 Å². The summed E-state index contributed by atoms with van der Waals surface area (Å²) in [7, 11) is 0. The molecule has 2 aromatic carbocycles. The van der Waals surface area contributed by atoms with Gasteiger partial charge in [-0.05, 0) is 50.2 Å². The zero-order valence-corrected chi connectivity index (χ0v) is 17.0. The SMILES string of the molecule is c1ccc2oc(C3NNCC3CN3CCC(c4nc5ccccc5[nH]4)CC3)cc2c1. The van der Waals surface area contributed by atoms with E-state index in [1.165, 1.54) is 5.39 Å². The van der Waals surface area contributed by atoms with E-state index in [0.29, 0.717) is 11.8 Å². The van der Waals surface area contributed by atoms with Crippen molar-refractivity contribution in [3.8, 4) is 0 Å². The molecule has 6 heteroatoms.